The van der Waals surface area contributed by atoms with E-state index in [1.807, 2.05) is 24.3 Å². The lowest BCUT2D eigenvalue weighted by atomic mass is 9.58. The number of aromatic hydroxyl groups is 1. The molecule has 1 aromatic heterocycles. The van der Waals surface area contributed by atoms with Crippen LogP contribution in [0.15, 0.2) is 55.1 Å². The molecule has 0 saturated carbocycles. The van der Waals surface area contributed by atoms with Crippen molar-refractivity contribution < 1.29 is 9.50 Å². The number of benzene rings is 2. The quantitative estimate of drug-likeness (QED) is 0.658. The molecular formula is C24H25FN2O. The van der Waals surface area contributed by atoms with Gasteiger partial charge in [-0.25, -0.2) is 4.39 Å². The van der Waals surface area contributed by atoms with Gasteiger partial charge < -0.3 is 10.1 Å². The number of rotatable bonds is 3. The number of H-pyrrole nitrogens is 1. The summed E-state index contributed by atoms with van der Waals surface area (Å²) in [7, 11) is 0. The summed E-state index contributed by atoms with van der Waals surface area (Å²) in [6, 6.07) is 13.0. The lowest BCUT2D eigenvalue weighted by Crippen LogP contribution is -2.53. The van der Waals surface area contributed by atoms with E-state index >= 15 is 0 Å². The highest BCUT2D eigenvalue weighted by molar-refractivity contribution is 5.85. The van der Waals surface area contributed by atoms with Crippen LogP contribution in [0.1, 0.15) is 23.2 Å². The first kappa shape index (κ1) is 17.5. The van der Waals surface area contributed by atoms with Gasteiger partial charge in [0.1, 0.15) is 11.6 Å². The van der Waals surface area contributed by atoms with E-state index < -0.39 is 0 Å². The summed E-state index contributed by atoms with van der Waals surface area (Å²) in [6.45, 7) is 6.74. The van der Waals surface area contributed by atoms with E-state index in [1.165, 1.54) is 5.56 Å². The second-order valence-corrected chi connectivity index (χ2v) is 8.33. The third kappa shape index (κ3) is 2.59. The number of phenols is 1. The summed E-state index contributed by atoms with van der Waals surface area (Å²) in [6.07, 6.45) is 4.68. The molecule has 2 aromatic carbocycles. The van der Waals surface area contributed by atoms with Crippen LogP contribution in [0.4, 0.5) is 4.39 Å². The van der Waals surface area contributed by atoms with Gasteiger partial charge in [-0.05, 0) is 67.1 Å². The zero-order valence-corrected chi connectivity index (χ0v) is 15.9. The number of nitrogens with one attached hydrogen (secondary N) is 1. The normalized spacial score (nSPS) is 24.7. The van der Waals surface area contributed by atoms with Crippen molar-refractivity contribution in [3.05, 3.63) is 77.8 Å². The van der Waals surface area contributed by atoms with Crippen molar-refractivity contribution in [3.63, 3.8) is 0 Å². The van der Waals surface area contributed by atoms with E-state index in [4.69, 9.17) is 0 Å². The molecular weight excluding hydrogens is 351 g/mol. The minimum Gasteiger partial charge on any atom is -0.508 e. The Bertz CT molecular complexity index is 1060. The molecule has 1 saturated heterocycles. The smallest absolute Gasteiger partial charge is 0.132 e. The monoisotopic (exact) mass is 376 g/mol. The SMILES string of the molecule is C=CCN1CC[C@]2(c3cccc(O)c3)Cc3[nH]c4cccc(F)c4c3CC2C1. The summed E-state index contributed by atoms with van der Waals surface area (Å²) in [5.74, 6) is 0.542. The van der Waals surface area contributed by atoms with Gasteiger partial charge in [0.25, 0.3) is 0 Å². The molecule has 0 bridgehead atoms. The van der Waals surface area contributed by atoms with Gasteiger partial charge >= 0.3 is 0 Å². The number of aromatic amines is 1. The van der Waals surface area contributed by atoms with Gasteiger partial charge in [-0.2, -0.15) is 0 Å². The lowest BCUT2D eigenvalue weighted by Gasteiger charge is -2.51. The summed E-state index contributed by atoms with van der Waals surface area (Å²) in [4.78, 5) is 5.94. The molecule has 2 atom stereocenters. The molecule has 0 spiro atoms. The predicted molar refractivity (Wildman–Crippen MR) is 110 cm³/mol. The van der Waals surface area contributed by atoms with Crippen molar-refractivity contribution in [2.45, 2.75) is 24.7 Å². The van der Waals surface area contributed by atoms with Crippen LogP contribution < -0.4 is 0 Å². The van der Waals surface area contributed by atoms with E-state index in [1.54, 1.807) is 18.2 Å². The van der Waals surface area contributed by atoms with E-state index in [0.29, 0.717) is 11.7 Å². The number of aromatic nitrogens is 1. The number of piperidine rings is 1. The van der Waals surface area contributed by atoms with Crippen molar-refractivity contribution >= 4 is 10.9 Å². The number of hydrogen-bond acceptors (Lipinski definition) is 2. The van der Waals surface area contributed by atoms with Crippen molar-refractivity contribution in [2.75, 3.05) is 19.6 Å². The van der Waals surface area contributed by atoms with Crippen LogP contribution in [-0.2, 0) is 18.3 Å². The molecule has 1 aliphatic heterocycles. The van der Waals surface area contributed by atoms with E-state index in [2.05, 4.69) is 22.5 Å². The maximum atomic E-state index is 14.6. The number of hydrogen-bond donors (Lipinski definition) is 2. The molecule has 0 amide bonds. The van der Waals surface area contributed by atoms with Crippen LogP contribution in [0.3, 0.4) is 0 Å². The lowest BCUT2D eigenvalue weighted by molar-refractivity contribution is 0.0895. The number of fused-ring (bicyclic) bond motifs is 4. The standard InChI is InChI=1S/C24H25FN2O/c1-2-10-27-11-9-24(16-5-3-6-18(28)12-16)14-22-19(13-17(24)15-27)23-20(25)7-4-8-21(23)26-22/h2-8,12,17,26,28H,1,9-11,13-15H2/t17?,24-/m1/s1. The summed E-state index contributed by atoms with van der Waals surface area (Å²) in [5.41, 5.74) is 4.32. The van der Waals surface area contributed by atoms with Crippen LogP contribution in [0.5, 0.6) is 5.75 Å². The number of halogens is 1. The van der Waals surface area contributed by atoms with Crippen molar-refractivity contribution in [1.82, 2.24) is 9.88 Å². The van der Waals surface area contributed by atoms with Gasteiger partial charge in [0, 0.05) is 35.1 Å². The molecule has 5 rings (SSSR count). The summed E-state index contributed by atoms with van der Waals surface area (Å²) >= 11 is 0. The topological polar surface area (TPSA) is 39.3 Å². The van der Waals surface area contributed by atoms with Crippen molar-refractivity contribution in [1.29, 1.82) is 0 Å². The first-order valence-corrected chi connectivity index (χ1v) is 10.0. The van der Waals surface area contributed by atoms with Gasteiger partial charge in [0.05, 0.1) is 0 Å². The third-order valence-corrected chi connectivity index (χ3v) is 6.85. The van der Waals surface area contributed by atoms with Gasteiger partial charge in [-0.15, -0.1) is 6.58 Å². The number of likely N-dealkylation sites (tertiary alicyclic amines) is 1. The third-order valence-electron chi connectivity index (χ3n) is 6.85. The molecule has 2 aliphatic rings. The molecule has 1 aliphatic carbocycles. The van der Waals surface area contributed by atoms with Crippen molar-refractivity contribution in [2.24, 2.45) is 5.92 Å². The fourth-order valence-electron chi connectivity index (χ4n) is 5.54. The molecule has 0 radical (unpaired) electrons. The molecule has 2 N–H and O–H groups in total. The Morgan fingerprint density at radius 2 is 2.14 bits per heavy atom. The second-order valence-electron chi connectivity index (χ2n) is 8.33. The molecule has 144 valence electrons. The highest BCUT2D eigenvalue weighted by Gasteiger charge is 2.48. The Labute approximate surface area is 164 Å². The van der Waals surface area contributed by atoms with Crippen LogP contribution in [0.25, 0.3) is 10.9 Å². The maximum Gasteiger partial charge on any atom is 0.132 e. The fourth-order valence-corrected chi connectivity index (χ4v) is 5.54. The van der Waals surface area contributed by atoms with Crippen LogP contribution in [-0.4, -0.2) is 34.6 Å². The molecule has 3 nitrogen and oxygen atoms in total. The largest absolute Gasteiger partial charge is 0.508 e. The zero-order chi connectivity index (χ0) is 19.3. The van der Waals surface area contributed by atoms with Crippen molar-refractivity contribution in [3.8, 4) is 5.75 Å². The predicted octanol–water partition coefficient (Wildman–Crippen LogP) is 4.56. The number of phenolic OH excluding ortho intramolecular Hbond substituents is 1. The Balaban J connectivity index is 1.65. The van der Waals surface area contributed by atoms with Gasteiger partial charge in [-0.1, -0.05) is 24.3 Å². The first-order chi connectivity index (χ1) is 13.6. The Morgan fingerprint density at radius 1 is 1.29 bits per heavy atom. The average molecular weight is 376 g/mol. The minimum atomic E-state index is -0.140. The first-order valence-electron chi connectivity index (χ1n) is 10.0. The molecule has 3 aromatic rings. The maximum absolute atomic E-state index is 14.6. The molecule has 2 heterocycles. The minimum absolute atomic E-state index is 0.0409. The zero-order valence-electron chi connectivity index (χ0n) is 15.9. The summed E-state index contributed by atoms with van der Waals surface area (Å²) in [5, 5.41) is 10.9. The van der Waals surface area contributed by atoms with Gasteiger partial charge in [0.2, 0.25) is 0 Å². The van der Waals surface area contributed by atoms with E-state index in [0.717, 1.165) is 61.1 Å². The van der Waals surface area contributed by atoms with E-state index in [-0.39, 0.29) is 11.2 Å². The molecule has 28 heavy (non-hydrogen) atoms. The Kier molecular flexibility index (Phi) is 4.06. The average Bonchev–Trinajstić information content (AvgIpc) is 3.04. The highest BCUT2D eigenvalue weighted by Crippen LogP contribution is 2.49. The fraction of sp³-hybridized carbons (Fsp3) is 0.333. The van der Waals surface area contributed by atoms with Gasteiger partial charge in [0.15, 0.2) is 0 Å². The van der Waals surface area contributed by atoms with Crippen LogP contribution in [0.2, 0.25) is 0 Å². The number of nitrogens with zero attached hydrogens (tertiary/aromatic N) is 1. The second kappa shape index (κ2) is 6.49. The van der Waals surface area contributed by atoms with E-state index in [9.17, 15) is 9.50 Å². The Hall–Kier alpha value is -2.59. The summed E-state index contributed by atoms with van der Waals surface area (Å²) < 4.78 is 14.6. The van der Waals surface area contributed by atoms with Gasteiger partial charge in [-0.3, -0.25) is 4.90 Å². The van der Waals surface area contributed by atoms with Crippen LogP contribution in [0, 0.1) is 11.7 Å². The van der Waals surface area contributed by atoms with Crippen LogP contribution >= 0.6 is 0 Å². The molecule has 1 fully saturated rings. The highest BCUT2D eigenvalue weighted by atomic mass is 19.1. The molecule has 4 heteroatoms. The molecule has 1 unspecified atom stereocenters. The Morgan fingerprint density at radius 3 is 2.96 bits per heavy atom.